The van der Waals surface area contributed by atoms with Crippen LogP contribution in [0.5, 0.6) is 0 Å². The van der Waals surface area contributed by atoms with Crippen LogP contribution in [-0.2, 0) is 0 Å². The number of hydrogen-bond acceptors (Lipinski definition) is 2. The van der Waals surface area contributed by atoms with E-state index in [-0.39, 0.29) is 0 Å². The predicted molar refractivity (Wildman–Crippen MR) is 133 cm³/mol. The first-order valence-corrected chi connectivity index (χ1v) is 10.8. The molecule has 0 aromatic heterocycles. The lowest BCUT2D eigenvalue weighted by molar-refractivity contribution is 0.225. The van der Waals surface area contributed by atoms with Gasteiger partial charge in [0.1, 0.15) is 6.10 Å². The maximum Gasteiger partial charge on any atom is 0.202 e. The number of hydrogen-bond donors (Lipinski definition) is 2. The van der Waals surface area contributed by atoms with E-state index >= 15 is 0 Å². The predicted octanol–water partition coefficient (Wildman–Crippen LogP) is 5.89. The molecule has 0 aliphatic heterocycles. The summed E-state index contributed by atoms with van der Waals surface area (Å²) in [5, 5.41) is 22.2. The van der Waals surface area contributed by atoms with Gasteiger partial charge in [-0.15, -0.1) is 0 Å². The van der Waals surface area contributed by atoms with E-state index in [0.717, 1.165) is 39.2 Å². The Morgan fingerprint density at radius 3 is 2.50 bits per heavy atom. The standard InChI is InChI=1S/C28H23N3O/c1-30(19-12-14-21-20-8-3-4-9-22(20)27(32)24(21)16-19)28(29)31(2)25-15-11-18-7-5-6-17-10-13-23(25)26(17)18/h3-16,27,29,32H,1-2H3. The van der Waals surface area contributed by atoms with Crippen molar-refractivity contribution in [1.29, 1.82) is 5.41 Å². The highest BCUT2D eigenvalue weighted by atomic mass is 16.3. The largest absolute Gasteiger partial charge is 0.384 e. The number of fused-ring (bicyclic) bond motifs is 3. The van der Waals surface area contributed by atoms with Gasteiger partial charge in [0.15, 0.2) is 0 Å². The van der Waals surface area contributed by atoms with Gasteiger partial charge in [-0.2, -0.15) is 0 Å². The number of aliphatic hydroxyl groups is 1. The molecule has 0 bridgehead atoms. The Labute approximate surface area is 187 Å². The van der Waals surface area contributed by atoms with Gasteiger partial charge in [0, 0.05) is 25.3 Å². The summed E-state index contributed by atoms with van der Waals surface area (Å²) in [4.78, 5) is 3.77. The van der Waals surface area contributed by atoms with Crippen LogP contribution < -0.4 is 9.80 Å². The van der Waals surface area contributed by atoms with E-state index in [4.69, 9.17) is 5.41 Å². The van der Waals surface area contributed by atoms with Crippen LogP contribution in [0.15, 0.2) is 72.8 Å². The highest BCUT2D eigenvalue weighted by molar-refractivity contribution is 6.13. The first kappa shape index (κ1) is 18.8. The first-order chi connectivity index (χ1) is 15.5. The Morgan fingerprint density at radius 1 is 0.812 bits per heavy atom. The molecule has 0 saturated heterocycles. The van der Waals surface area contributed by atoms with Crippen molar-refractivity contribution < 1.29 is 5.11 Å². The molecule has 1 unspecified atom stereocenters. The third-order valence-corrected chi connectivity index (χ3v) is 6.78. The molecular weight excluding hydrogens is 394 g/mol. The second-order valence-corrected chi connectivity index (χ2v) is 8.48. The van der Waals surface area contributed by atoms with Crippen LogP contribution in [0, 0.1) is 5.41 Å². The SMILES string of the molecule is CN(C(=N)N(C)c1ccc2cccc3c2c1C=C3)c1ccc2c(c1)C(O)c1ccccc1-2. The summed E-state index contributed by atoms with van der Waals surface area (Å²) in [5.74, 6) is 0.364. The number of guanidine groups is 1. The molecule has 1 atom stereocenters. The summed E-state index contributed by atoms with van der Waals surface area (Å²) in [7, 11) is 3.83. The minimum absolute atomic E-state index is 0.364. The zero-order valence-electron chi connectivity index (χ0n) is 18.0. The molecule has 4 nitrogen and oxygen atoms in total. The molecule has 4 heteroatoms. The van der Waals surface area contributed by atoms with Crippen LogP contribution in [0.25, 0.3) is 34.1 Å². The molecule has 0 heterocycles. The van der Waals surface area contributed by atoms with Gasteiger partial charge in [0.2, 0.25) is 5.96 Å². The van der Waals surface area contributed by atoms with Gasteiger partial charge in [-0.3, -0.25) is 5.41 Å². The summed E-state index contributed by atoms with van der Waals surface area (Å²) in [5.41, 5.74) is 8.23. The van der Waals surface area contributed by atoms with Crippen molar-refractivity contribution in [3.05, 3.63) is 95.1 Å². The Hall–Kier alpha value is -3.89. The Morgan fingerprint density at radius 2 is 1.62 bits per heavy atom. The molecule has 6 rings (SSSR count). The van der Waals surface area contributed by atoms with Crippen molar-refractivity contribution in [2.75, 3.05) is 23.9 Å². The van der Waals surface area contributed by atoms with Crippen LogP contribution >= 0.6 is 0 Å². The molecule has 0 amide bonds. The molecule has 4 aromatic carbocycles. The molecule has 0 spiro atoms. The third-order valence-electron chi connectivity index (χ3n) is 6.78. The van der Waals surface area contributed by atoms with Crippen molar-refractivity contribution in [2.45, 2.75) is 6.10 Å². The summed E-state index contributed by atoms with van der Waals surface area (Å²) >= 11 is 0. The molecule has 0 saturated carbocycles. The topological polar surface area (TPSA) is 50.6 Å². The zero-order valence-corrected chi connectivity index (χ0v) is 18.0. The van der Waals surface area contributed by atoms with Crippen LogP contribution in [0.2, 0.25) is 0 Å². The highest BCUT2D eigenvalue weighted by Crippen LogP contribution is 2.44. The number of benzene rings is 4. The van der Waals surface area contributed by atoms with Crippen molar-refractivity contribution in [2.24, 2.45) is 0 Å². The van der Waals surface area contributed by atoms with E-state index in [1.165, 1.54) is 16.3 Å². The van der Waals surface area contributed by atoms with Gasteiger partial charge in [-0.25, -0.2) is 0 Å². The minimum atomic E-state index is -0.633. The third kappa shape index (κ3) is 2.57. The number of nitrogens with one attached hydrogen (secondary N) is 1. The average molecular weight is 418 g/mol. The molecule has 2 aliphatic carbocycles. The van der Waals surface area contributed by atoms with Gasteiger partial charge in [0.05, 0.1) is 5.69 Å². The number of rotatable bonds is 2. The lowest BCUT2D eigenvalue weighted by Crippen LogP contribution is -2.40. The van der Waals surface area contributed by atoms with E-state index in [9.17, 15) is 5.11 Å². The van der Waals surface area contributed by atoms with Gasteiger partial charge in [-0.05, 0) is 56.8 Å². The van der Waals surface area contributed by atoms with Crippen LogP contribution in [-0.4, -0.2) is 25.2 Å². The summed E-state index contributed by atoms with van der Waals surface area (Å²) < 4.78 is 0. The van der Waals surface area contributed by atoms with Crippen molar-refractivity contribution in [3.8, 4) is 11.1 Å². The summed E-state index contributed by atoms with van der Waals surface area (Å²) in [6.45, 7) is 0. The van der Waals surface area contributed by atoms with Crippen LogP contribution in [0.3, 0.4) is 0 Å². The lowest BCUT2D eigenvalue weighted by atomic mass is 10.0. The zero-order chi connectivity index (χ0) is 22.0. The maximum atomic E-state index is 10.9. The highest BCUT2D eigenvalue weighted by Gasteiger charge is 2.28. The van der Waals surface area contributed by atoms with Gasteiger partial charge in [0.25, 0.3) is 0 Å². The van der Waals surface area contributed by atoms with Gasteiger partial charge >= 0.3 is 0 Å². The van der Waals surface area contributed by atoms with E-state index in [1.807, 2.05) is 66.4 Å². The fourth-order valence-electron chi connectivity index (χ4n) is 5.04. The average Bonchev–Trinajstić information content (AvgIpc) is 3.39. The molecule has 156 valence electrons. The van der Waals surface area contributed by atoms with E-state index in [2.05, 4.69) is 42.5 Å². The van der Waals surface area contributed by atoms with Gasteiger partial charge < -0.3 is 14.9 Å². The fraction of sp³-hybridized carbons (Fsp3) is 0.107. The molecule has 4 aromatic rings. The van der Waals surface area contributed by atoms with Crippen molar-refractivity contribution >= 4 is 40.3 Å². The van der Waals surface area contributed by atoms with Crippen molar-refractivity contribution in [3.63, 3.8) is 0 Å². The van der Waals surface area contributed by atoms with Crippen LogP contribution in [0.1, 0.15) is 28.4 Å². The molecule has 2 N–H and O–H groups in total. The quantitative estimate of drug-likeness (QED) is 0.278. The monoisotopic (exact) mass is 417 g/mol. The normalized spacial score (nSPS) is 15.0. The maximum absolute atomic E-state index is 10.9. The second kappa shape index (κ2) is 6.81. The van der Waals surface area contributed by atoms with Crippen molar-refractivity contribution in [1.82, 2.24) is 0 Å². The Balaban J connectivity index is 1.34. The van der Waals surface area contributed by atoms with Crippen LogP contribution in [0.4, 0.5) is 11.4 Å². The molecule has 32 heavy (non-hydrogen) atoms. The molecule has 0 radical (unpaired) electrons. The second-order valence-electron chi connectivity index (χ2n) is 8.48. The molecule has 2 aliphatic rings. The smallest absolute Gasteiger partial charge is 0.202 e. The molecular formula is C28H23N3O. The number of anilines is 2. The number of nitrogens with zero attached hydrogens (tertiary/aromatic N) is 2. The summed E-state index contributed by atoms with van der Waals surface area (Å²) in [6.07, 6.45) is 3.65. The lowest BCUT2D eigenvalue weighted by Gasteiger charge is -2.29. The first-order valence-electron chi connectivity index (χ1n) is 10.8. The van der Waals surface area contributed by atoms with E-state index in [0.29, 0.717) is 5.96 Å². The van der Waals surface area contributed by atoms with E-state index in [1.54, 1.807) is 0 Å². The molecule has 0 fully saturated rings. The Bertz CT molecular complexity index is 1450. The fourth-order valence-corrected chi connectivity index (χ4v) is 5.04. The minimum Gasteiger partial charge on any atom is -0.384 e. The Kier molecular flexibility index (Phi) is 4.01. The van der Waals surface area contributed by atoms with E-state index < -0.39 is 6.10 Å². The number of aliphatic hydroxyl groups excluding tert-OH is 1. The summed E-state index contributed by atoms with van der Waals surface area (Å²) in [6, 6.07) is 24.6. The van der Waals surface area contributed by atoms with Gasteiger partial charge in [-0.1, -0.05) is 66.7 Å².